The highest BCUT2D eigenvalue weighted by Crippen LogP contribution is 2.59. The summed E-state index contributed by atoms with van der Waals surface area (Å²) < 4.78 is 0. The molecule has 0 aromatic rings. The summed E-state index contributed by atoms with van der Waals surface area (Å²) in [4.78, 5) is 0. The molecular formula is C12H21NO. The van der Waals surface area contributed by atoms with E-state index in [2.05, 4.69) is 0 Å². The zero-order valence-electron chi connectivity index (χ0n) is 8.78. The van der Waals surface area contributed by atoms with Gasteiger partial charge in [-0.15, -0.1) is 0 Å². The summed E-state index contributed by atoms with van der Waals surface area (Å²) in [5.74, 6) is 2.30. The summed E-state index contributed by atoms with van der Waals surface area (Å²) in [5, 5.41) is 9.66. The van der Waals surface area contributed by atoms with Crippen LogP contribution in [0.15, 0.2) is 0 Å². The first-order valence-corrected chi connectivity index (χ1v) is 6.12. The van der Waals surface area contributed by atoms with Crippen molar-refractivity contribution in [3.8, 4) is 0 Å². The van der Waals surface area contributed by atoms with Gasteiger partial charge in [-0.05, 0) is 55.3 Å². The molecule has 3 saturated carbocycles. The van der Waals surface area contributed by atoms with E-state index in [9.17, 15) is 5.11 Å². The Labute approximate surface area is 85.9 Å². The van der Waals surface area contributed by atoms with Crippen LogP contribution in [0.5, 0.6) is 0 Å². The molecular weight excluding hydrogens is 174 g/mol. The minimum atomic E-state index is 0.285. The van der Waals surface area contributed by atoms with Gasteiger partial charge in [-0.2, -0.15) is 0 Å². The number of hydrogen-bond acceptors (Lipinski definition) is 2. The van der Waals surface area contributed by atoms with Gasteiger partial charge < -0.3 is 10.8 Å². The van der Waals surface area contributed by atoms with Crippen molar-refractivity contribution in [1.82, 2.24) is 0 Å². The predicted octanol–water partition coefficient (Wildman–Crippen LogP) is 1.52. The number of nitrogens with two attached hydrogens (primary N) is 1. The van der Waals surface area contributed by atoms with Crippen molar-refractivity contribution in [2.45, 2.75) is 44.6 Å². The first-order valence-electron chi connectivity index (χ1n) is 6.12. The summed E-state index contributed by atoms with van der Waals surface area (Å²) in [6.07, 6.45) is 7.69. The molecule has 3 rings (SSSR count). The second-order valence-electron chi connectivity index (χ2n) is 5.88. The fourth-order valence-corrected chi connectivity index (χ4v) is 4.54. The van der Waals surface area contributed by atoms with Crippen molar-refractivity contribution in [2.24, 2.45) is 28.9 Å². The molecule has 0 aromatic heterocycles. The van der Waals surface area contributed by atoms with Crippen LogP contribution in [0.1, 0.15) is 38.5 Å². The lowest BCUT2D eigenvalue weighted by Gasteiger charge is -2.34. The van der Waals surface area contributed by atoms with Gasteiger partial charge in [-0.3, -0.25) is 0 Å². The van der Waals surface area contributed by atoms with Crippen molar-refractivity contribution in [3.05, 3.63) is 0 Å². The quantitative estimate of drug-likeness (QED) is 0.666. The lowest BCUT2D eigenvalue weighted by Crippen LogP contribution is -2.39. The minimum Gasteiger partial charge on any atom is -0.396 e. The van der Waals surface area contributed by atoms with Crippen LogP contribution in [0.3, 0.4) is 0 Å². The molecule has 0 heterocycles. The summed E-state index contributed by atoms with van der Waals surface area (Å²) in [7, 11) is 0. The first kappa shape index (κ1) is 9.17. The third-order valence-electron chi connectivity index (χ3n) is 5.36. The van der Waals surface area contributed by atoms with E-state index in [-0.39, 0.29) is 5.41 Å². The van der Waals surface area contributed by atoms with Crippen LogP contribution in [0.25, 0.3) is 0 Å². The molecule has 3 aliphatic carbocycles. The fourth-order valence-electron chi connectivity index (χ4n) is 4.54. The summed E-state index contributed by atoms with van der Waals surface area (Å²) in [6.45, 7) is 0.410. The van der Waals surface area contributed by atoms with Crippen molar-refractivity contribution in [2.75, 3.05) is 6.61 Å². The van der Waals surface area contributed by atoms with Gasteiger partial charge in [-0.1, -0.05) is 6.42 Å². The molecule has 2 nitrogen and oxygen atoms in total. The van der Waals surface area contributed by atoms with E-state index in [1.807, 2.05) is 0 Å². The van der Waals surface area contributed by atoms with E-state index in [0.717, 1.165) is 17.8 Å². The summed E-state index contributed by atoms with van der Waals surface area (Å²) in [6, 6.07) is 0.444. The van der Waals surface area contributed by atoms with Gasteiger partial charge in [0.15, 0.2) is 0 Å². The maximum Gasteiger partial charge on any atom is 0.0490 e. The second kappa shape index (κ2) is 2.96. The van der Waals surface area contributed by atoms with Gasteiger partial charge in [0.2, 0.25) is 0 Å². The molecule has 3 bridgehead atoms. The average molecular weight is 195 g/mol. The third-order valence-corrected chi connectivity index (χ3v) is 5.36. The Morgan fingerprint density at radius 2 is 2.07 bits per heavy atom. The van der Waals surface area contributed by atoms with Crippen molar-refractivity contribution in [3.63, 3.8) is 0 Å². The summed E-state index contributed by atoms with van der Waals surface area (Å²) in [5.41, 5.74) is 6.58. The minimum absolute atomic E-state index is 0.285. The van der Waals surface area contributed by atoms with Gasteiger partial charge >= 0.3 is 0 Å². The zero-order chi connectivity index (χ0) is 9.76. The van der Waals surface area contributed by atoms with E-state index in [0.29, 0.717) is 12.6 Å². The molecule has 14 heavy (non-hydrogen) atoms. The molecule has 0 radical (unpaired) electrons. The molecule has 0 saturated heterocycles. The lowest BCUT2D eigenvalue weighted by molar-refractivity contribution is 0.0757. The highest BCUT2D eigenvalue weighted by molar-refractivity contribution is 5.06. The molecule has 5 atom stereocenters. The van der Waals surface area contributed by atoms with Crippen molar-refractivity contribution >= 4 is 0 Å². The van der Waals surface area contributed by atoms with Crippen LogP contribution in [-0.2, 0) is 0 Å². The third kappa shape index (κ3) is 1.04. The Balaban J connectivity index is 1.96. The van der Waals surface area contributed by atoms with E-state index in [4.69, 9.17) is 5.73 Å². The van der Waals surface area contributed by atoms with Crippen LogP contribution >= 0.6 is 0 Å². The topological polar surface area (TPSA) is 46.2 Å². The van der Waals surface area contributed by atoms with Gasteiger partial charge in [0.05, 0.1) is 0 Å². The van der Waals surface area contributed by atoms with Crippen LogP contribution < -0.4 is 5.73 Å². The monoisotopic (exact) mass is 195 g/mol. The first-order chi connectivity index (χ1) is 6.75. The van der Waals surface area contributed by atoms with Crippen LogP contribution in [0.2, 0.25) is 0 Å². The molecule has 3 N–H and O–H groups in total. The Morgan fingerprint density at radius 1 is 1.29 bits per heavy atom. The van der Waals surface area contributed by atoms with Crippen LogP contribution in [0.4, 0.5) is 0 Å². The molecule has 80 valence electrons. The molecule has 2 heteroatoms. The lowest BCUT2D eigenvalue weighted by atomic mass is 9.74. The smallest absolute Gasteiger partial charge is 0.0490 e. The maximum absolute atomic E-state index is 9.66. The van der Waals surface area contributed by atoms with Gasteiger partial charge in [0.1, 0.15) is 0 Å². The highest BCUT2D eigenvalue weighted by Gasteiger charge is 2.54. The van der Waals surface area contributed by atoms with E-state index in [1.54, 1.807) is 0 Å². The maximum atomic E-state index is 9.66. The average Bonchev–Trinajstić information content (AvgIpc) is 2.42. The number of aliphatic hydroxyl groups is 1. The number of rotatable bonds is 1. The van der Waals surface area contributed by atoms with E-state index in [1.165, 1.54) is 38.5 Å². The molecule has 5 unspecified atom stereocenters. The normalized spacial score (nSPS) is 56.1. The molecule has 0 aliphatic heterocycles. The van der Waals surface area contributed by atoms with E-state index >= 15 is 0 Å². The Morgan fingerprint density at radius 3 is 2.86 bits per heavy atom. The van der Waals surface area contributed by atoms with Crippen molar-refractivity contribution < 1.29 is 5.11 Å². The molecule has 0 aromatic carbocycles. The SMILES string of the molecule is NC1C2CCCC3(CO)CC1CC3C2. The Bertz CT molecular complexity index is 242. The number of fused-ring (bicyclic) bond motifs is 2. The predicted molar refractivity (Wildman–Crippen MR) is 55.7 cm³/mol. The fraction of sp³-hybridized carbons (Fsp3) is 1.00. The van der Waals surface area contributed by atoms with Crippen molar-refractivity contribution in [1.29, 1.82) is 0 Å². The molecule has 0 amide bonds. The number of aliphatic hydroxyl groups excluding tert-OH is 1. The molecule has 3 aliphatic rings. The zero-order valence-corrected chi connectivity index (χ0v) is 8.78. The highest BCUT2D eigenvalue weighted by atomic mass is 16.3. The second-order valence-corrected chi connectivity index (χ2v) is 5.88. The van der Waals surface area contributed by atoms with E-state index < -0.39 is 0 Å². The van der Waals surface area contributed by atoms with Gasteiger partial charge in [-0.25, -0.2) is 0 Å². The standard InChI is InChI=1S/C12H21NO/c13-11-8-2-1-3-12(7-14)6-9(11)5-10(12)4-8/h8-11,14H,1-7,13H2. The molecule has 0 spiro atoms. The molecule has 3 fully saturated rings. The van der Waals surface area contributed by atoms with Gasteiger partial charge in [0.25, 0.3) is 0 Å². The largest absolute Gasteiger partial charge is 0.396 e. The van der Waals surface area contributed by atoms with Gasteiger partial charge in [0, 0.05) is 12.6 Å². The Hall–Kier alpha value is -0.0800. The van der Waals surface area contributed by atoms with Crippen LogP contribution in [0, 0.1) is 23.2 Å². The summed E-state index contributed by atoms with van der Waals surface area (Å²) >= 11 is 0. The van der Waals surface area contributed by atoms with Crippen LogP contribution in [-0.4, -0.2) is 17.8 Å². The number of hydrogen-bond donors (Lipinski definition) is 2. The Kier molecular flexibility index (Phi) is 1.94.